The lowest BCUT2D eigenvalue weighted by Gasteiger charge is -2.30. The number of likely N-dealkylation sites (tertiary alicyclic amines) is 1. The molecule has 1 aliphatic heterocycles. The monoisotopic (exact) mass is 405 g/mol. The van der Waals surface area contributed by atoms with E-state index in [1.54, 1.807) is 0 Å². The molecule has 1 fully saturated rings. The second-order valence-corrected chi connectivity index (χ2v) is 7.56. The molecule has 1 saturated heterocycles. The Hall–Kier alpha value is -2.81. The summed E-state index contributed by atoms with van der Waals surface area (Å²) in [6, 6.07) is 5.02. The molecule has 3 heterocycles. The van der Waals surface area contributed by atoms with Crippen LogP contribution in [0.15, 0.2) is 30.5 Å². The predicted octanol–water partition coefficient (Wildman–Crippen LogP) is 3.94. The van der Waals surface area contributed by atoms with Crippen LogP contribution in [0.2, 0.25) is 0 Å². The SMILES string of the molecule is Cc1ccn2c(N[C@@H]3CCCN(C)C3)nnc(-c3ccc(C(F)(F)F)cc3O)c12. The van der Waals surface area contributed by atoms with E-state index in [4.69, 9.17) is 0 Å². The van der Waals surface area contributed by atoms with Crippen LogP contribution in [0.3, 0.4) is 0 Å². The van der Waals surface area contributed by atoms with Gasteiger partial charge in [0.2, 0.25) is 5.95 Å². The molecule has 154 valence electrons. The van der Waals surface area contributed by atoms with E-state index >= 15 is 0 Å². The van der Waals surface area contributed by atoms with Gasteiger partial charge in [0, 0.05) is 24.3 Å². The lowest BCUT2D eigenvalue weighted by Crippen LogP contribution is -2.40. The van der Waals surface area contributed by atoms with Gasteiger partial charge < -0.3 is 15.3 Å². The molecule has 1 aliphatic rings. The Labute approximate surface area is 166 Å². The van der Waals surface area contributed by atoms with Crippen LogP contribution in [0.4, 0.5) is 19.1 Å². The number of hydrogen-bond donors (Lipinski definition) is 2. The minimum atomic E-state index is -4.52. The quantitative estimate of drug-likeness (QED) is 0.691. The number of benzene rings is 1. The molecule has 1 aromatic carbocycles. The van der Waals surface area contributed by atoms with Gasteiger partial charge in [0.25, 0.3) is 0 Å². The molecule has 29 heavy (non-hydrogen) atoms. The number of aryl methyl sites for hydroxylation is 1. The normalized spacial score (nSPS) is 18.3. The van der Waals surface area contributed by atoms with E-state index in [2.05, 4.69) is 27.5 Å². The summed E-state index contributed by atoms with van der Waals surface area (Å²) in [5, 5.41) is 22.2. The summed E-state index contributed by atoms with van der Waals surface area (Å²) in [5.74, 6) is 0.0924. The highest BCUT2D eigenvalue weighted by Gasteiger charge is 2.31. The van der Waals surface area contributed by atoms with Crippen molar-refractivity contribution in [1.29, 1.82) is 0 Å². The number of halogens is 3. The molecule has 0 bridgehead atoms. The van der Waals surface area contributed by atoms with Crippen molar-refractivity contribution in [1.82, 2.24) is 19.5 Å². The van der Waals surface area contributed by atoms with Gasteiger partial charge in [-0.25, -0.2) is 0 Å². The topological polar surface area (TPSA) is 65.7 Å². The number of nitrogens with zero attached hydrogens (tertiary/aromatic N) is 4. The van der Waals surface area contributed by atoms with Crippen LogP contribution < -0.4 is 5.32 Å². The highest BCUT2D eigenvalue weighted by atomic mass is 19.4. The van der Waals surface area contributed by atoms with Gasteiger partial charge in [-0.05, 0) is 63.2 Å². The Balaban J connectivity index is 1.75. The number of phenols is 1. The highest BCUT2D eigenvalue weighted by Crippen LogP contribution is 2.38. The van der Waals surface area contributed by atoms with Crippen molar-refractivity contribution in [3.8, 4) is 17.0 Å². The molecule has 0 amide bonds. The Kier molecular flexibility index (Phi) is 4.85. The zero-order valence-electron chi connectivity index (χ0n) is 16.2. The lowest BCUT2D eigenvalue weighted by molar-refractivity contribution is -0.137. The van der Waals surface area contributed by atoms with E-state index in [0.29, 0.717) is 17.2 Å². The number of rotatable bonds is 3. The maximum absolute atomic E-state index is 12.9. The maximum Gasteiger partial charge on any atom is 0.416 e. The van der Waals surface area contributed by atoms with E-state index in [9.17, 15) is 18.3 Å². The van der Waals surface area contributed by atoms with E-state index in [0.717, 1.165) is 43.6 Å². The third kappa shape index (κ3) is 3.74. The van der Waals surface area contributed by atoms with Crippen molar-refractivity contribution in [2.45, 2.75) is 32.0 Å². The summed E-state index contributed by atoms with van der Waals surface area (Å²) in [5.41, 5.74) is 1.22. The number of piperidine rings is 1. The molecular formula is C20H22F3N5O. The third-order valence-electron chi connectivity index (χ3n) is 5.32. The average Bonchev–Trinajstić information content (AvgIpc) is 3.04. The van der Waals surface area contributed by atoms with Crippen molar-refractivity contribution < 1.29 is 18.3 Å². The average molecular weight is 405 g/mol. The molecular weight excluding hydrogens is 383 g/mol. The molecule has 2 N–H and O–H groups in total. The van der Waals surface area contributed by atoms with Crippen LogP contribution >= 0.6 is 0 Å². The molecule has 6 nitrogen and oxygen atoms in total. The lowest BCUT2D eigenvalue weighted by atomic mass is 10.1. The number of anilines is 1. The zero-order valence-corrected chi connectivity index (χ0v) is 16.2. The van der Waals surface area contributed by atoms with E-state index < -0.39 is 17.5 Å². The van der Waals surface area contributed by atoms with Crippen LogP contribution in [-0.2, 0) is 6.18 Å². The van der Waals surface area contributed by atoms with Crippen LogP contribution in [0, 0.1) is 6.92 Å². The number of hydrogen-bond acceptors (Lipinski definition) is 5. The van der Waals surface area contributed by atoms with Crippen LogP contribution in [-0.4, -0.2) is 50.8 Å². The first kappa shape index (κ1) is 19.5. The minimum Gasteiger partial charge on any atom is -0.507 e. The van der Waals surface area contributed by atoms with Gasteiger partial charge in [-0.1, -0.05) is 0 Å². The van der Waals surface area contributed by atoms with Crippen molar-refractivity contribution in [2.75, 3.05) is 25.5 Å². The molecule has 9 heteroatoms. The van der Waals surface area contributed by atoms with Gasteiger partial charge in [-0.2, -0.15) is 13.2 Å². The van der Waals surface area contributed by atoms with Gasteiger partial charge >= 0.3 is 6.18 Å². The number of aromatic nitrogens is 3. The zero-order chi connectivity index (χ0) is 20.8. The number of nitrogens with one attached hydrogen (secondary N) is 1. The maximum atomic E-state index is 12.9. The summed E-state index contributed by atoms with van der Waals surface area (Å²) < 4.78 is 40.6. The summed E-state index contributed by atoms with van der Waals surface area (Å²) >= 11 is 0. The molecule has 2 aromatic heterocycles. The molecule has 0 unspecified atom stereocenters. The summed E-state index contributed by atoms with van der Waals surface area (Å²) in [6.45, 7) is 3.85. The number of fused-ring (bicyclic) bond motifs is 1. The molecule has 0 aliphatic carbocycles. The number of alkyl halides is 3. The van der Waals surface area contributed by atoms with Gasteiger partial charge in [0.15, 0.2) is 0 Å². The Morgan fingerprint density at radius 3 is 2.69 bits per heavy atom. The second kappa shape index (κ2) is 7.22. The first-order valence-corrected chi connectivity index (χ1v) is 9.44. The fourth-order valence-electron chi connectivity index (χ4n) is 3.85. The number of likely N-dealkylation sites (N-methyl/N-ethyl adjacent to an activating group) is 1. The summed E-state index contributed by atoms with van der Waals surface area (Å²) in [4.78, 5) is 2.25. The van der Waals surface area contributed by atoms with E-state index in [-0.39, 0.29) is 11.6 Å². The minimum absolute atomic E-state index is 0.209. The predicted molar refractivity (Wildman–Crippen MR) is 104 cm³/mol. The first-order chi connectivity index (χ1) is 13.7. The third-order valence-corrected chi connectivity index (χ3v) is 5.32. The second-order valence-electron chi connectivity index (χ2n) is 7.56. The fourth-order valence-corrected chi connectivity index (χ4v) is 3.85. The van der Waals surface area contributed by atoms with E-state index in [1.165, 1.54) is 6.07 Å². The van der Waals surface area contributed by atoms with Crippen molar-refractivity contribution >= 4 is 11.5 Å². The molecule has 0 spiro atoms. The molecule has 3 aromatic rings. The Bertz CT molecular complexity index is 1050. The summed E-state index contributed by atoms with van der Waals surface area (Å²) in [7, 11) is 2.07. The molecule has 0 radical (unpaired) electrons. The largest absolute Gasteiger partial charge is 0.507 e. The molecule has 4 rings (SSSR count). The molecule has 0 saturated carbocycles. The summed E-state index contributed by atoms with van der Waals surface area (Å²) in [6.07, 6.45) is -0.566. The van der Waals surface area contributed by atoms with Crippen LogP contribution in [0.5, 0.6) is 5.75 Å². The van der Waals surface area contributed by atoms with Gasteiger partial charge in [0.1, 0.15) is 11.4 Å². The Morgan fingerprint density at radius 1 is 1.21 bits per heavy atom. The standard InChI is InChI=1S/C20H22F3N5O/c1-12-7-9-28-18(12)17(15-6-5-13(10-16(15)29)20(21,22)23)25-26-19(28)24-14-4-3-8-27(2)11-14/h5-7,9-10,14,29H,3-4,8,11H2,1-2H3,(H,24,26)/t14-/m1/s1. The van der Waals surface area contributed by atoms with Crippen molar-refractivity contribution in [3.05, 3.63) is 41.6 Å². The van der Waals surface area contributed by atoms with Gasteiger partial charge in [-0.15, -0.1) is 10.2 Å². The van der Waals surface area contributed by atoms with Crippen LogP contribution in [0.1, 0.15) is 24.0 Å². The fraction of sp³-hybridized carbons (Fsp3) is 0.400. The Morgan fingerprint density at radius 2 is 2.00 bits per heavy atom. The molecule has 1 atom stereocenters. The van der Waals surface area contributed by atoms with E-state index in [1.807, 2.05) is 23.6 Å². The number of aromatic hydroxyl groups is 1. The van der Waals surface area contributed by atoms with Crippen LogP contribution in [0.25, 0.3) is 16.8 Å². The van der Waals surface area contributed by atoms with Gasteiger partial charge in [-0.3, -0.25) is 4.40 Å². The highest BCUT2D eigenvalue weighted by molar-refractivity contribution is 5.83. The van der Waals surface area contributed by atoms with Crippen molar-refractivity contribution in [2.24, 2.45) is 0 Å². The first-order valence-electron chi connectivity index (χ1n) is 9.44. The van der Waals surface area contributed by atoms with Crippen molar-refractivity contribution in [3.63, 3.8) is 0 Å². The van der Waals surface area contributed by atoms with Gasteiger partial charge in [0.05, 0.1) is 11.1 Å². The smallest absolute Gasteiger partial charge is 0.416 e. The number of phenolic OH excluding ortho intramolecular Hbond substituents is 1.